The van der Waals surface area contributed by atoms with Crippen molar-refractivity contribution < 1.29 is 0 Å². The highest BCUT2D eigenvalue weighted by atomic mass is 15.2. The Labute approximate surface area is 55.8 Å². The van der Waals surface area contributed by atoms with Gasteiger partial charge in [-0.2, -0.15) is 0 Å². The van der Waals surface area contributed by atoms with Gasteiger partial charge in [0.1, 0.15) is 0 Å². The number of fused-ring (bicyclic) bond motifs is 1. The van der Waals surface area contributed by atoms with Crippen LogP contribution in [-0.4, -0.2) is 6.54 Å². The Bertz CT molecular complexity index is 103. The van der Waals surface area contributed by atoms with Gasteiger partial charge in [-0.15, -0.1) is 0 Å². The molecule has 0 aromatic carbocycles. The van der Waals surface area contributed by atoms with Crippen molar-refractivity contribution >= 4 is 0 Å². The van der Waals surface area contributed by atoms with Crippen LogP contribution in [0.4, 0.5) is 0 Å². The zero-order chi connectivity index (χ0) is 6.27. The second-order valence-corrected chi connectivity index (χ2v) is 3.50. The summed E-state index contributed by atoms with van der Waals surface area (Å²) >= 11 is 0. The second-order valence-electron chi connectivity index (χ2n) is 3.50. The third kappa shape index (κ3) is 0.970. The lowest BCUT2D eigenvalue weighted by molar-refractivity contribution is 0.453. The fourth-order valence-electron chi connectivity index (χ4n) is 2.17. The van der Waals surface area contributed by atoms with Gasteiger partial charge in [-0.1, -0.05) is 0 Å². The number of hydrogen-bond acceptors (Lipinski definition) is 2. The maximum Gasteiger partial charge on any atom is 0.0126 e. The van der Waals surface area contributed by atoms with Crippen LogP contribution in [0, 0.1) is 17.8 Å². The van der Waals surface area contributed by atoms with Gasteiger partial charge in [0, 0.05) is 6.54 Å². The van der Waals surface area contributed by atoms with Gasteiger partial charge in [-0.3, -0.25) is 11.3 Å². The molecule has 2 aliphatic rings. The standard InChI is InChI=1S/C7H14N2/c8-9-4-5-1-6-3-7(6)2-5/h5-7,9H,1-4,8H2. The monoisotopic (exact) mass is 126 g/mol. The van der Waals surface area contributed by atoms with Crippen molar-refractivity contribution in [2.45, 2.75) is 19.3 Å². The molecule has 2 saturated carbocycles. The summed E-state index contributed by atoms with van der Waals surface area (Å²) in [5.74, 6) is 8.32. The Balaban J connectivity index is 1.77. The van der Waals surface area contributed by atoms with Crippen LogP contribution in [0.3, 0.4) is 0 Å². The lowest BCUT2D eigenvalue weighted by atomic mass is 10.0. The molecule has 52 valence electrons. The van der Waals surface area contributed by atoms with Gasteiger partial charge in [0.05, 0.1) is 0 Å². The van der Waals surface area contributed by atoms with Gasteiger partial charge >= 0.3 is 0 Å². The van der Waals surface area contributed by atoms with Gasteiger partial charge in [0.25, 0.3) is 0 Å². The predicted octanol–water partition coefficient (Wildman–Crippen LogP) is 0.496. The van der Waals surface area contributed by atoms with Crippen LogP contribution in [0.5, 0.6) is 0 Å². The molecule has 0 heterocycles. The molecule has 2 heteroatoms. The summed E-state index contributed by atoms with van der Waals surface area (Å²) in [5, 5.41) is 0. The predicted molar refractivity (Wildman–Crippen MR) is 36.5 cm³/mol. The fourth-order valence-corrected chi connectivity index (χ4v) is 2.17. The van der Waals surface area contributed by atoms with E-state index in [1.54, 1.807) is 0 Å². The molecule has 0 bridgehead atoms. The molecule has 2 rings (SSSR count). The van der Waals surface area contributed by atoms with Crippen molar-refractivity contribution in [1.29, 1.82) is 0 Å². The molecule has 2 atom stereocenters. The van der Waals surface area contributed by atoms with Crippen molar-refractivity contribution in [3.05, 3.63) is 0 Å². The number of nitrogens with two attached hydrogens (primary N) is 1. The van der Waals surface area contributed by atoms with E-state index >= 15 is 0 Å². The molecule has 9 heavy (non-hydrogen) atoms. The molecule has 2 aliphatic carbocycles. The molecule has 2 unspecified atom stereocenters. The Hall–Kier alpha value is -0.0800. The van der Waals surface area contributed by atoms with Gasteiger partial charge in [-0.05, 0) is 37.0 Å². The van der Waals surface area contributed by atoms with Crippen molar-refractivity contribution in [1.82, 2.24) is 5.43 Å². The van der Waals surface area contributed by atoms with Crippen LogP contribution < -0.4 is 11.3 Å². The molecule has 0 amide bonds. The maximum atomic E-state index is 5.22. The van der Waals surface area contributed by atoms with E-state index in [-0.39, 0.29) is 0 Å². The number of hydrazine groups is 1. The summed E-state index contributed by atoms with van der Waals surface area (Å²) in [7, 11) is 0. The highest BCUT2D eigenvalue weighted by molar-refractivity contribution is 4.95. The Morgan fingerprint density at radius 3 is 2.44 bits per heavy atom. The Kier molecular flexibility index (Phi) is 1.24. The van der Waals surface area contributed by atoms with Gasteiger partial charge in [0.2, 0.25) is 0 Å². The summed E-state index contributed by atoms with van der Waals surface area (Å²) in [5.41, 5.74) is 2.75. The van der Waals surface area contributed by atoms with E-state index in [2.05, 4.69) is 5.43 Å². The number of nitrogens with one attached hydrogen (secondary N) is 1. The average molecular weight is 126 g/mol. The molecular weight excluding hydrogens is 112 g/mol. The normalized spacial score (nSPS) is 47.0. The second kappa shape index (κ2) is 1.96. The number of hydrogen-bond donors (Lipinski definition) is 2. The van der Waals surface area contributed by atoms with Crippen molar-refractivity contribution in [2.75, 3.05) is 6.54 Å². The van der Waals surface area contributed by atoms with E-state index < -0.39 is 0 Å². The van der Waals surface area contributed by atoms with Gasteiger partial charge in [0.15, 0.2) is 0 Å². The van der Waals surface area contributed by atoms with E-state index in [0.29, 0.717) is 0 Å². The number of rotatable bonds is 2. The Morgan fingerprint density at radius 2 is 1.89 bits per heavy atom. The average Bonchev–Trinajstić information content (AvgIpc) is 2.42. The minimum absolute atomic E-state index is 0.902. The molecular formula is C7H14N2. The van der Waals surface area contributed by atoms with Crippen molar-refractivity contribution in [3.8, 4) is 0 Å². The van der Waals surface area contributed by atoms with Crippen LogP contribution >= 0.6 is 0 Å². The summed E-state index contributed by atoms with van der Waals surface area (Å²) in [6, 6.07) is 0. The fraction of sp³-hybridized carbons (Fsp3) is 1.00. The molecule has 0 aliphatic heterocycles. The molecule has 0 saturated heterocycles. The molecule has 0 spiro atoms. The smallest absolute Gasteiger partial charge is 0.0126 e. The lowest BCUT2D eigenvalue weighted by Crippen LogP contribution is -2.28. The van der Waals surface area contributed by atoms with E-state index in [1.807, 2.05) is 0 Å². The zero-order valence-electron chi connectivity index (χ0n) is 5.64. The molecule has 2 nitrogen and oxygen atoms in total. The van der Waals surface area contributed by atoms with Crippen LogP contribution in [0.2, 0.25) is 0 Å². The molecule has 2 fully saturated rings. The van der Waals surface area contributed by atoms with E-state index in [0.717, 1.165) is 24.3 Å². The van der Waals surface area contributed by atoms with Crippen LogP contribution in [-0.2, 0) is 0 Å². The van der Waals surface area contributed by atoms with Gasteiger partial charge in [-0.25, -0.2) is 0 Å². The Morgan fingerprint density at radius 1 is 1.22 bits per heavy atom. The molecule has 0 radical (unpaired) electrons. The van der Waals surface area contributed by atoms with Crippen LogP contribution in [0.25, 0.3) is 0 Å². The summed E-state index contributed by atoms with van der Waals surface area (Å²) in [4.78, 5) is 0. The first-order valence-electron chi connectivity index (χ1n) is 3.83. The molecule has 0 aromatic rings. The van der Waals surface area contributed by atoms with E-state index in [1.165, 1.54) is 19.3 Å². The first kappa shape index (κ1) is 5.69. The molecule has 3 N–H and O–H groups in total. The largest absolute Gasteiger partial charge is 0.271 e. The zero-order valence-corrected chi connectivity index (χ0v) is 5.64. The van der Waals surface area contributed by atoms with E-state index in [4.69, 9.17) is 5.84 Å². The maximum absolute atomic E-state index is 5.22. The van der Waals surface area contributed by atoms with Crippen LogP contribution in [0.15, 0.2) is 0 Å². The third-order valence-electron chi connectivity index (χ3n) is 2.75. The minimum atomic E-state index is 0.902. The lowest BCUT2D eigenvalue weighted by Gasteiger charge is -2.08. The van der Waals surface area contributed by atoms with Crippen LogP contribution in [0.1, 0.15) is 19.3 Å². The van der Waals surface area contributed by atoms with Crippen molar-refractivity contribution in [3.63, 3.8) is 0 Å². The topological polar surface area (TPSA) is 38.0 Å². The van der Waals surface area contributed by atoms with E-state index in [9.17, 15) is 0 Å². The molecule has 0 aromatic heterocycles. The summed E-state index contributed by atoms with van der Waals surface area (Å²) in [6.45, 7) is 1.03. The highest BCUT2D eigenvalue weighted by Gasteiger charge is 2.45. The minimum Gasteiger partial charge on any atom is -0.271 e. The SMILES string of the molecule is NNCC1CC2CC2C1. The third-order valence-corrected chi connectivity index (χ3v) is 2.75. The highest BCUT2D eigenvalue weighted by Crippen LogP contribution is 2.53. The summed E-state index contributed by atoms with van der Waals surface area (Å²) in [6.07, 6.45) is 4.39. The first-order chi connectivity index (χ1) is 4.40. The van der Waals surface area contributed by atoms with Gasteiger partial charge < -0.3 is 0 Å². The van der Waals surface area contributed by atoms with Crippen molar-refractivity contribution in [2.24, 2.45) is 23.6 Å². The summed E-state index contributed by atoms with van der Waals surface area (Å²) < 4.78 is 0. The first-order valence-corrected chi connectivity index (χ1v) is 3.83. The quantitative estimate of drug-likeness (QED) is 0.417.